The normalized spacial score (nSPS) is 12.5. The van der Waals surface area contributed by atoms with E-state index in [1.54, 1.807) is 18.2 Å². The van der Waals surface area contributed by atoms with Gasteiger partial charge < -0.3 is 9.97 Å². The zero-order chi connectivity index (χ0) is 24.0. The number of thiocarbonyl (C=S) groups is 1. The van der Waals surface area contributed by atoms with Crippen molar-refractivity contribution in [3.8, 4) is 0 Å². The van der Waals surface area contributed by atoms with E-state index >= 15 is 4.39 Å². The molecule has 0 aliphatic carbocycles. The van der Waals surface area contributed by atoms with Crippen molar-refractivity contribution in [2.24, 2.45) is 5.73 Å². The Balaban J connectivity index is 2.17. The van der Waals surface area contributed by atoms with E-state index < -0.39 is 14.1 Å². The molecule has 1 heterocycles. The predicted molar refractivity (Wildman–Crippen MR) is 141 cm³/mol. The second-order valence-corrected chi connectivity index (χ2v) is 16.4. The van der Waals surface area contributed by atoms with E-state index in [1.165, 1.54) is 6.07 Å². The molecule has 0 aliphatic rings. The fourth-order valence-electron chi connectivity index (χ4n) is 5.66. The molecule has 3 rings (SSSR count). The van der Waals surface area contributed by atoms with Crippen LogP contribution in [0.1, 0.15) is 58.2 Å². The maximum absolute atomic E-state index is 15.5. The second kappa shape index (κ2) is 9.35. The number of nitrogens with two attached hydrogens (primary N) is 1. The summed E-state index contributed by atoms with van der Waals surface area (Å²) in [5.41, 5.74) is 9.54. The zero-order valence-corrected chi connectivity index (χ0v) is 22.9. The smallest absolute Gasteiger partial charge is 0.169 e. The summed E-state index contributed by atoms with van der Waals surface area (Å²) >= 11 is 8.63. The molecule has 0 fully saturated rings. The molecule has 0 amide bonds. The van der Waals surface area contributed by atoms with Crippen LogP contribution >= 0.6 is 28.1 Å². The molecule has 0 saturated heterocycles. The van der Waals surface area contributed by atoms with Crippen molar-refractivity contribution < 1.29 is 8.78 Å². The lowest BCUT2D eigenvalue weighted by Crippen LogP contribution is -2.51. The molecule has 0 bridgehead atoms. The van der Waals surface area contributed by atoms with Gasteiger partial charge >= 0.3 is 0 Å². The maximum atomic E-state index is 15.5. The van der Waals surface area contributed by atoms with E-state index in [4.69, 9.17) is 18.0 Å². The first kappa shape index (κ1) is 25.1. The first-order valence-corrected chi connectivity index (χ1v) is 14.4. The third-order valence-corrected chi connectivity index (χ3v) is 14.7. The number of halogens is 3. The van der Waals surface area contributed by atoms with Crippen LogP contribution in [0.4, 0.5) is 8.78 Å². The fourth-order valence-corrected chi connectivity index (χ4v) is 13.1. The average molecular weight is 538 g/mol. The van der Waals surface area contributed by atoms with Crippen LogP contribution in [0.5, 0.6) is 0 Å². The van der Waals surface area contributed by atoms with E-state index in [0.717, 1.165) is 20.9 Å². The van der Waals surface area contributed by atoms with Crippen molar-refractivity contribution >= 4 is 52.3 Å². The Morgan fingerprint density at radius 3 is 2.12 bits per heavy atom. The Labute approximate surface area is 204 Å². The summed E-state index contributed by atoms with van der Waals surface area (Å²) in [4.78, 5) is -0.00577. The monoisotopic (exact) mass is 536 g/mol. The van der Waals surface area contributed by atoms with Crippen LogP contribution in [0.25, 0.3) is 10.9 Å². The summed E-state index contributed by atoms with van der Waals surface area (Å²) in [6.45, 7) is 13.8. The van der Waals surface area contributed by atoms with Gasteiger partial charge in [0, 0.05) is 32.9 Å². The molecule has 32 heavy (non-hydrogen) atoms. The number of nitrogens with zero attached hydrogens (tertiary/aromatic N) is 1. The molecule has 0 atom stereocenters. The maximum Gasteiger partial charge on any atom is 0.169 e. The van der Waals surface area contributed by atoms with Gasteiger partial charge in [0.05, 0.1) is 0 Å². The first-order valence-electron chi connectivity index (χ1n) is 11.0. The minimum atomic E-state index is -2.02. The SMILES string of the molecule is CC(C)[Si](C(C)C)(C(C)C)n1ccc2c(Br)c(Cc3ccc(F)c(C(N)=S)c3)c(F)cc21. The van der Waals surface area contributed by atoms with Gasteiger partial charge in [-0.25, -0.2) is 8.78 Å². The molecule has 0 aliphatic heterocycles. The van der Waals surface area contributed by atoms with Gasteiger partial charge in [-0.1, -0.05) is 59.8 Å². The number of aromatic nitrogens is 1. The Hall–Kier alpha value is -1.57. The van der Waals surface area contributed by atoms with Gasteiger partial charge in [-0.2, -0.15) is 0 Å². The Morgan fingerprint density at radius 1 is 1.00 bits per heavy atom. The number of rotatable bonds is 7. The molecule has 1 aromatic heterocycles. The number of fused-ring (bicyclic) bond motifs is 1. The van der Waals surface area contributed by atoms with E-state index in [-0.39, 0.29) is 16.4 Å². The lowest BCUT2D eigenvalue weighted by atomic mass is 10.0. The quantitative estimate of drug-likeness (QED) is 0.245. The van der Waals surface area contributed by atoms with Gasteiger partial charge in [0.2, 0.25) is 0 Å². The average Bonchev–Trinajstić information content (AvgIpc) is 3.09. The fraction of sp³-hybridized carbons (Fsp3) is 0.400. The molecular weight excluding hydrogens is 506 g/mol. The van der Waals surface area contributed by atoms with Gasteiger partial charge in [0.15, 0.2) is 8.24 Å². The highest BCUT2D eigenvalue weighted by Crippen LogP contribution is 2.45. The van der Waals surface area contributed by atoms with Crippen molar-refractivity contribution in [3.05, 3.63) is 69.3 Å². The van der Waals surface area contributed by atoms with Crippen molar-refractivity contribution in [2.75, 3.05) is 0 Å². The Bertz CT molecular complexity index is 1150. The third-order valence-electron chi connectivity index (χ3n) is 6.85. The van der Waals surface area contributed by atoms with Crippen LogP contribution < -0.4 is 5.73 Å². The van der Waals surface area contributed by atoms with Crippen LogP contribution in [0.2, 0.25) is 16.6 Å². The number of hydrogen-bond acceptors (Lipinski definition) is 1. The van der Waals surface area contributed by atoms with Crippen LogP contribution in [-0.2, 0) is 6.42 Å². The van der Waals surface area contributed by atoms with Crippen LogP contribution in [-0.4, -0.2) is 17.5 Å². The molecule has 3 aromatic rings. The number of hydrogen-bond donors (Lipinski definition) is 1. The van der Waals surface area contributed by atoms with Gasteiger partial charge in [0.25, 0.3) is 0 Å². The third kappa shape index (κ3) is 4.08. The molecule has 172 valence electrons. The summed E-state index contributed by atoms with van der Waals surface area (Å²) in [6, 6.07) is 8.34. The second-order valence-electron chi connectivity index (χ2n) is 9.48. The molecule has 2 aromatic carbocycles. The molecule has 7 heteroatoms. The molecule has 0 saturated carbocycles. The number of benzene rings is 2. The summed E-state index contributed by atoms with van der Waals surface area (Å²) in [7, 11) is -2.02. The summed E-state index contributed by atoms with van der Waals surface area (Å²) in [5.74, 6) is -0.740. The topological polar surface area (TPSA) is 30.9 Å². The summed E-state index contributed by atoms with van der Waals surface area (Å²) in [5, 5.41) is 0.997. The van der Waals surface area contributed by atoms with E-state index in [2.05, 4.69) is 74.0 Å². The van der Waals surface area contributed by atoms with Crippen LogP contribution in [0, 0.1) is 11.6 Å². The minimum Gasteiger partial charge on any atom is -0.389 e. The minimum absolute atomic E-state index is 0.00577. The van der Waals surface area contributed by atoms with E-state index in [0.29, 0.717) is 28.6 Å². The van der Waals surface area contributed by atoms with Crippen LogP contribution in [0.3, 0.4) is 0 Å². The highest BCUT2D eigenvalue weighted by molar-refractivity contribution is 9.10. The van der Waals surface area contributed by atoms with Crippen molar-refractivity contribution in [1.29, 1.82) is 0 Å². The summed E-state index contributed by atoms with van der Waals surface area (Å²) < 4.78 is 32.6. The molecule has 2 N–H and O–H groups in total. The lowest BCUT2D eigenvalue weighted by molar-refractivity contribution is 0.613. The van der Waals surface area contributed by atoms with Gasteiger partial charge in [-0.3, -0.25) is 0 Å². The van der Waals surface area contributed by atoms with Crippen molar-refractivity contribution in [3.63, 3.8) is 0 Å². The molecule has 0 spiro atoms. The lowest BCUT2D eigenvalue weighted by Gasteiger charge is -2.44. The van der Waals surface area contributed by atoms with Gasteiger partial charge in [-0.15, -0.1) is 0 Å². The van der Waals surface area contributed by atoms with Gasteiger partial charge in [-0.05, 0) is 68.6 Å². The van der Waals surface area contributed by atoms with Crippen molar-refractivity contribution in [2.45, 2.75) is 64.6 Å². The van der Waals surface area contributed by atoms with Gasteiger partial charge in [0.1, 0.15) is 16.6 Å². The Kier molecular flexibility index (Phi) is 7.32. The molecular formula is C25H31BrF2N2SSi. The molecule has 2 nitrogen and oxygen atoms in total. The van der Waals surface area contributed by atoms with Crippen molar-refractivity contribution in [1.82, 2.24) is 4.23 Å². The standard InChI is InChI=1S/C25H31BrF2N2SSi/c1-14(2)32(15(3)4,16(5)6)30-10-9-18-23(30)13-22(28)19(24(18)26)11-17-7-8-21(27)20(12-17)25(29)31/h7-10,12-16H,11H2,1-6H3,(H2,29,31). The van der Waals surface area contributed by atoms with Crippen LogP contribution in [0.15, 0.2) is 41.0 Å². The molecule has 0 radical (unpaired) electrons. The largest absolute Gasteiger partial charge is 0.389 e. The predicted octanol–water partition coefficient (Wildman–Crippen LogP) is 7.93. The highest BCUT2D eigenvalue weighted by atomic mass is 79.9. The summed E-state index contributed by atoms with van der Waals surface area (Å²) in [6.07, 6.45) is 2.46. The van der Waals surface area contributed by atoms with E-state index in [1.807, 2.05) is 0 Å². The highest BCUT2D eigenvalue weighted by Gasteiger charge is 2.45. The van der Waals surface area contributed by atoms with E-state index in [9.17, 15) is 4.39 Å². The first-order chi connectivity index (χ1) is 14.9. The zero-order valence-electron chi connectivity index (χ0n) is 19.5. The Morgan fingerprint density at radius 2 is 1.59 bits per heavy atom. The molecule has 0 unspecified atom stereocenters.